The lowest BCUT2D eigenvalue weighted by atomic mass is 9.96. The molecule has 4 rings (SSSR count). The van der Waals surface area contributed by atoms with Crippen molar-refractivity contribution < 1.29 is 19.1 Å². The highest BCUT2D eigenvalue weighted by Gasteiger charge is 2.28. The van der Waals surface area contributed by atoms with Crippen LogP contribution in [-0.2, 0) is 27.3 Å². The maximum Gasteiger partial charge on any atom is 0.309 e. The number of rotatable bonds is 8. The Balaban J connectivity index is 1.44. The quantitative estimate of drug-likeness (QED) is 0.401. The molecule has 0 spiro atoms. The number of hydrogen-bond donors (Lipinski definition) is 0. The lowest BCUT2D eigenvalue weighted by Crippen LogP contribution is -2.41. The first-order valence-electron chi connectivity index (χ1n) is 12.9. The lowest BCUT2D eigenvalue weighted by Gasteiger charge is -2.31. The van der Waals surface area contributed by atoms with E-state index in [1.165, 1.54) is 0 Å². The van der Waals surface area contributed by atoms with E-state index in [4.69, 9.17) is 4.74 Å². The summed E-state index contributed by atoms with van der Waals surface area (Å²) in [6, 6.07) is 25.1. The van der Waals surface area contributed by atoms with Crippen LogP contribution in [0.1, 0.15) is 46.8 Å². The minimum absolute atomic E-state index is 0.0481. The minimum atomic E-state index is -0.162. The zero-order chi connectivity index (χ0) is 26.2. The number of ether oxygens (including phenoxy) is 1. The highest BCUT2D eigenvalue weighted by molar-refractivity contribution is 6.06. The van der Waals surface area contributed by atoms with Crippen molar-refractivity contribution in [3.8, 4) is 0 Å². The second-order valence-electron chi connectivity index (χ2n) is 9.49. The first-order chi connectivity index (χ1) is 17.9. The lowest BCUT2D eigenvalue weighted by molar-refractivity contribution is -0.151. The number of aryl methyl sites for hydroxylation is 1. The summed E-state index contributed by atoms with van der Waals surface area (Å²) in [5.74, 6) is -0.306. The van der Waals surface area contributed by atoms with Crippen molar-refractivity contribution >= 4 is 23.5 Å². The fourth-order valence-electron chi connectivity index (χ4n) is 4.60. The Labute approximate surface area is 218 Å². The van der Waals surface area contributed by atoms with Crippen molar-refractivity contribution in [1.82, 2.24) is 4.90 Å². The number of likely N-dealkylation sites (tertiary alicyclic amines) is 1. The summed E-state index contributed by atoms with van der Waals surface area (Å²) in [6.45, 7) is 5.76. The van der Waals surface area contributed by atoms with E-state index in [-0.39, 0.29) is 30.1 Å². The molecule has 0 aliphatic carbocycles. The van der Waals surface area contributed by atoms with E-state index >= 15 is 0 Å². The van der Waals surface area contributed by atoms with Crippen LogP contribution < -0.4 is 4.90 Å². The molecule has 0 N–H and O–H groups in total. The maximum atomic E-state index is 13.5. The van der Waals surface area contributed by atoms with Gasteiger partial charge in [0, 0.05) is 24.3 Å². The molecule has 3 aromatic carbocycles. The average Bonchev–Trinajstić information content (AvgIpc) is 2.93. The smallest absolute Gasteiger partial charge is 0.309 e. The second kappa shape index (κ2) is 12.3. The third-order valence-corrected chi connectivity index (χ3v) is 6.80. The fraction of sp³-hybridized carbons (Fsp3) is 0.323. The molecule has 0 aromatic heterocycles. The Morgan fingerprint density at radius 1 is 0.865 bits per heavy atom. The Morgan fingerprint density at radius 2 is 1.51 bits per heavy atom. The van der Waals surface area contributed by atoms with Crippen molar-refractivity contribution in [2.45, 2.75) is 39.7 Å². The number of anilines is 1. The normalized spacial score (nSPS) is 13.7. The van der Waals surface area contributed by atoms with Crippen LogP contribution in [0.25, 0.3) is 0 Å². The van der Waals surface area contributed by atoms with Gasteiger partial charge in [-0.25, -0.2) is 0 Å². The van der Waals surface area contributed by atoms with Gasteiger partial charge in [-0.1, -0.05) is 60.2 Å². The Morgan fingerprint density at radius 3 is 2.14 bits per heavy atom. The van der Waals surface area contributed by atoms with Gasteiger partial charge in [0.1, 0.15) is 0 Å². The summed E-state index contributed by atoms with van der Waals surface area (Å²) in [6.07, 6.45) is 1.56. The maximum absolute atomic E-state index is 13.5. The fourth-order valence-corrected chi connectivity index (χ4v) is 4.60. The summed E-state index contributed by atoms with van der Waals surface area (Å²) in [5, 5.41) is 0. The molecular formula is C31H34N2O4. The van der Waals surface area contributed by atoms with E-state index in [0.29, 0.717) is 44.6 Å². The van der Waals surface area contributed by atoms with E-state index in [1.807, 2.05) is 90.7 Å². The van der Waals surface area contributed by atoms with Gasteiger partial charge in [0.15, 0.2) is 0 Å². The van der Waals surface area contributed by atoms with Crippen LogP contribution in [0, 0.1) is 12.8 Å². The van der Waals surface area contributed by atoms with Crippen LogP contribution in [0.2, 0.25) is 0 Å². The third kappa shape index (κ3) is 6.85. The molecule has 1 heterocycles. The van der Waals surface area contributed by atoms with Crippen LogP contribution in [0.4, 0.5) is 5.69 Å². The van der Waals surface area contributed by atoms with Gasteiger partial charge in [0.05, 0.1) is 25.5 Å². The molecule has 0 saturated carbocycles. The zero-order valence-electron chi connectivity index (χ0n) is 21.6. The van der Waals surface area contributed by atoms with Gasteiger partial charge in [-0.15, -0.1) is 0 Å². The average molecular weight is 499 g/mol. The number of benzene rings is 3. The van der Waals surface area contributed by atoms with Crippen LogP contribution in [0.15, 0.2) is 78.9 Å². The molecule has 1 aliphatic rings. The molecule has 6 heteroatoms. The first kappa shape index (κ1) is 26.1. The molecule has 1 aliphatic heterocycles. The summed E-state index contributed by atoms with van der Waals surface area (Å²) >= 11 is 0. The summed E-state index contributed by atoms with van der Waals surface area (Å²) in [7, 11) is 0. The first-order valence-corrected chi connectivity index (χ1v) is 12.9. The monoisotopic (exact) mass is 498 g/mol. The van der Waals surface area contributed by atoms with E-state index in [2.05, 4.69) is 0 Å². The number of hydrogen-bond acceptors (Lipinski definition) is 4. The summed E-state index contributed by atoms with van der Waals surface area (Å²) in [4.78, 5) is 41.9. The molecular weight excluding hydrogens is 464 g/mol. The molecule has 1 saturated heterocycles. The van der Waals surface area contributed by atoms with E-state index < -0.39 is 0 Å². The van der Waals surface area contributed by atoms with Crippen LogP contribution in [-0.4, -0.2) is 42.4 Å². The molecule has 1 fully saturated rings. The van der Waals surface area contributed by atoms with Gasteiger partial charge in [0.2, 0.25) is 5.91 Å². The van der Waals surface area contributed by atoms with E-state index in [1.54, 1.807) is 11.8 Å². The van der Waals surface area contributed by atoms with Gasteiger partial charge in [-0.05, 0) is 62.1 Å². The van der Waals surface area contributed by atoms with Crippen molar-refractivity contribution in [2.75, 3.05) is 24.6 Å². The molecule has 2 amide bonds. The largest absolute Gasteiger partial charge is 0.466 e. The molecule has 0 bridgehead atoms. The topological polar surface area (TPSA) is 66.9 Å². The zero-order valence-corrected chi connectivity index (χ0v) is 21.6. The highest BCUT2D eigenvalue weighted by Crippen LogP contribution is 2.23. The number of nitrogens with zero attached hydrogens (tertiary/aromatic N) is 2. The molecule has 3 aromatic rings. The van der Waals surface area contributed by atoms with Crippen molar-refractivity contribution in [3.05, 3.63) is 101 Å². The number of carbonyl (C=O) groups excluding carboxylic acids is 3. The molecule has 0 atom stereocenters. The summed E-state index contributed by atoms with van der Waals surface area (Å²) < 4.78 is 5.12. The van der Waals surface area contributed by atoms with E-state index in [0.717, 1.165) is 22.4 Å². The Bertz CT molecular complexity index is 1200. The molecule has 37 heavy (non-hydrogen) atoms. The second-order valence-corrected chi connectivity index (χ2v) is 9.49. The van der Waals surface area contributed by atoms with Crippen molar-refractivity contribution in [1.29, 1.82) is 0 Å². The third-order valence-electron chi connectivity index (χ3n) is 6.80. The number of esters is 1. The number of carbonyl (C=O) groups is 3. The van der Waals surface area contributed by atoms with Crippen LogP contribution >= 0.6 is 0 Å². The standard InChI is InChI=1S/C31H34N2O4/c1-3-37-31(36)27-17-19-32(20-18-27)29(34)21-24-11-15-28(16-12-24)33(22-25-7-5-4-6-8-25)30(35)26-13-9-23(2)10-14-26/h4-16,27H,3,17-22H2,1-2H3. The van der Waals surface area contributed by atoms with Crippen LogP contribution in [0.5, 0.6) is 0 Å². The van der Waals surface area contributed by atoms with Gasteiger partial charge in [0.25, 0.3) is 5.91 Å². The van der Waals surface area contributed by atoms with Crippen molar-refractivity contribution in [3.63, 3.8) is 0 Å². The van der Waals surface area contributed by atoms with E-state index in [9.17, 15) is 14.4 Å². The van der Waals surface area contributed by atoms with Crippen LogP contribution in [0.3, 0.4) is 0 Å². The number of piperidine rings is 1. The predicted molar refractivity (Wildman–Crippen MR) is 144 cm³/mol. The molecule has 192 valence electrons. The van der Waals surface area contributed by atoms with Crippen molar-refractivity contribution in [2.24, 2.45) is 5.92 Å². The minimum Gasteiger partial charge on any atom is -0.466 e. The molecule has 0 unspecified atom stereocenters. The Hall–Kier alpha value is -3.93. The van der Waals surface area contributed by atoms with Gasteiger partial charge >= 0.3 is 5.97 Å². The predicted octanol–water partition coefficient (Wildman–Crippen LogP) is 5.19. The van der Waals surface area contributed by atoms with Gasteiger partial charge in [-0.3, -0.25) is 14.4 Å². The highest BCUT2D eigenvalue weighted by atomic mass is 16.5. The van der Waals surface area contributed by atoms with Gasteiger partial charge in [-0.2, -0.15) is 0 Å². The molecule has 0 radical (unpaired) electrons. The summed E-state index contributed by atoms with van der Waals surface area (Å²) in [5.41, 5.74) is 4.44. The number of amides is 2. The Kier molecular flexibility index (Phi) is 8.72. The SMILES string of the molecule is CCOC(=O)C1CCN(C(=O)Cc2ccc(N(Cc3ccccc3)C(=O)c3ccc(C)cc3)cc2)CC1. The molecule has 6 nitrogen and oxygen atoms in total. The van der Waals surface area contributed by atoms with Gasteiger partial charge < -0.3 is 14.5 Å².